The van der Waals surface area contributed by atoms with E-state index in [9.17, 15) is 8.42 Å². The summed E-state index contributed by atoms with van der Waals surface area (Å²) >= 11 is 1.72. The largest absolute Gasteiger partial charge is 0.397 e. The summed E-state index contributed by atoms with van der Waals surface area (Å²) in [6.45, 7) is 2.10. The van der Waals surface area contributed by atoms with Crippen LogP contribution >= 0.6 is 11.3 Å². The Morgan fingerprint density at radius 3 is 2.57 bits per heavy atom. The summed E-state index contributed by atoms with van der Waals surface area (Å²) in [6.07, 6.45) is 0.907. The summed E-state index contributed by atoms with van der Waals surface area (Å²) in [5.41, 5.74) is 7.17. The maximum absolute atomic E-state index is 11.3. The summed E-state index contributed by atoms with van der Waals surface area (Å²) < 4.78 is 22.6. The van der Waals surface area contributed by atoms with Gasteiger partial charge in [0.2, 0.25) is 10.0 Å². The Labute approximate surface area is 129 Å². The molecule has 0 bridgehead atoms. The summed E-state index contributed by atoms with van der Waals surface area (Å²) in [7, 11) is -1.78. The van der Waals surface area contributed by atoms with E-state index in [1.165, 1.54) is 17.0 Å². The second kappa shape index (κ2) is 6.05. The number of anilines is 2. The lowest BCUT2D eigenvalue weighted by Crippen LogP contribution is -2.31. The molecule has 0 radical (unpaired) electrons. The van der Waals surface area contributed by atoms with Crippen LogP contribution in [0.5, 0.6) is 0 Å². The van der Waals surface area contributed by atoms with Gasteiger partial charge in [0.15, 0.2) is 0 Å². The molecule has 0 aliphatic rings. The molecule has 1 unspecified atom stereocenters. The lowest BCUT2D eigenvalue weighted by molar-refractivity contribution is 0.598. The van der Waals surface area contributed by atoms with E-state index in [1.54, 1.807) is 17.4 Å². The summed E-state index contributed by atoms with van der Waals surface area (Å²) in [5.74, 6) is 0. The van der Waals surface area contributed by atoms with Crippen LogP contribution in [-0.2, 0) is 16.4 Å². The van der Waals surface area contributed by atoms with Gasteiger partial charge in [-0.15, -0.1) is 11.3 Å². The van der Waals surface area contributed by atoms with Crippen LogP contribution in [0.25, 0.3) is 0 Å². The van der Waals surface area contributed by atoms with E-state index in [4.69, 9.17) is 10.9 Å². The number of nitrogen functional groups attached to an aromatic ring is 1. The fraction of sp³-hybridized carbons (Fsp3) is 0.286. The van der Waals surface area contributed by atoms with Crippen LogP contribution in [0.4, 0.5) is 11.4 Å². The van der Waals surface area contributed by atoms with E-state index < -0.39 is 10.0 Å². The van der Waals surface area contributed by atoms with Crippen LogP contribution in [0.3, 0.4) is 0 Å². The van der Waals surface area contributed by atoms with Gasteiger partial charge in [-0.3, -0.25) is 0 Å². The average molecular weight is 325 g/mol. The average Bonchev–Trinajstić information content (AvgIpc) is 2.89. The Kier molecular flexibility index (Phi) is 4.55. The highest BCUT2D eigenvalue weighted by Gasteiger charge is 2.16. The Morgan fingerprint density at radius 1 is 1.33 bits per heavy atom. The smallest absolute Gasteiger partial charge is 0.238 e. The molecule has 0 fully saturated rings. The van der Waals surface area contributed by atoms with Gasteiger partial charge in [0, 0.05) is 24.4 Å². The Balaban J connectivity index is 2.21. The normalized spacial score (nSPS) is 13.1. The number of benzene rings is 1. The third-order valence-electron chi connectivity index (χ3n) is 3.45. The predicted molar refractivity (Wildman–Crippen MR) is 88.1 cm³/mol. The minimum Gasteiger partial charge on any atom is -0.397 e. The van der Waals surface area contributed by atoms with E-state index >= 15 is 0 Å². The van der Waals surface area contributed by atoms with Crippen molar-refractivity contribution in [1.29, 1.82) is 0 Å². The standard InChI is InChI=1S/C14H19N3O2S2/c1-10(8-11-4-3-7-20-11)17(2)14-6-5-12(9-13(14)15)21(16,18)19/h3-7,9-10H,8,15H2,1-2H3,(H2,16,18,19). The van der Waals surface area contributed by atoms with Crippen molar-refractivity contribution in [2.75, 3.05) is 17.7 Å². The first-order valence-electron chi connectivity index (χ1n) is 6.46. The van der Waals surface area contributed by atoms with Gasteiger partial charge < -0.3 is 10.6 Å². The number of thiophene rings is 1. The molecule has 0 saturated heterocycles. The maximum atomic E-state index is 11.3. The van der Waals surface area contributed by atoms with Crippen molar-refractivity contribution in [3.05, 3.63) is 40.6 Å². The molecule has 0 saturated carbocycles. The Morgan fingerprint density at radius 2 is 2.05 bits per heavy atom. The molecule has 5 nitrogen and oxygen atoms in total. The number of likely N-dealkylation sites (N-methyl/N-ethyl adjacent to an activating group) is 1. The first-order chi connectivity index (χ1) is 9.79. The van der Waals surface area contributed by atoms with E-state index in [0.717, 1.165) is 12.1 Å². The van der Waals surface area contributed by atoms with Crippen molar-refractivity contribution in [1.82, 2.24) is 0 Å². The molecule has 114 valence electrons. The zero-order valence-corrected chi connectivity index (χ0v) is 13.6. The highest BCUT2D eigenvalue weighted by molar-refractivity contribution is 7.89. The molecule has 1 aromatic carbocycles. The van der Waals surface area contributed by atoms with Gasteiger partial charge in [0.1, 0.15) is 0 Å². The third kappa shape index (κ3) is 3.75. The molecule has 2 aromatic rings. The zero-order valence-electron chi connectivity index (χ0n) is 12.0. The Bertz CT molecular complexity index is 712. The molecule has 0 amide bonds. The van der Waals surface area contributed by atoms with Crippen LogP contribution in [0, 0.1) is 0 Å². The van der Waals surface area contributed by atoms with Crippen LogP contribution < -0.4 is 15.8 Å². The van der Waals surface area contributed by atoms with Crippen molar-refractivity contribution in [2.45, 2.75) is 24.3 Å². The number of primary sulfonamides is 1. The molecule has 1 heterocycles. The lowest BCUT2D eigenvalue weighted by Gasteiger charge is -2.28. The van der Waals surface area contributed by atoms with Gasteiger partial charge in [-0.2, -0.15) is 0 Å². The number of rotatable bonds is 5. The van der Waals surface area contributed by atoms with E-state index in [2.05, 4.69) is 18.4 Å². The molecule has 2 rings (SSSR count). The van der Waals surface area contributed by atoms with E-state index in [-0.39, 0.29) is 10.9 Å². The van der Waals surface area contributed by atoms with Gasteiger partial charge in [-0.1, -0.05) is 6.07 Å². The molecule has 0 aliphatic carbocycles. The predicted octanol–water partition coefficient (Wildman–Crippen LogP) is 2.05. The second-order valence-electron chi connectivity index (χ2n) is 5.01. The summed E-state index contributed by atoms with van der Waals surface area (Å²) in [6, 6.07) is 8.95. The molecular weight excluding hydrogens is 306 g/mol. The van der Waals surface area contributed by atoms with Crippen molar-refractivity contribution in [2.24, 2.45) is 5.14 Å². The maximum Gasteiger partial charge on any atom is 0.238 e. The SMILES string of the molecule is CC(Cc1cccs1)N(C)c1ccc(S(N)(=O)=O)cc1N. The van der Waals surface area contributed by atoms with Crippen molar-refractivity contribution in [3.8, 4) is 0 Å². The monoisotopic (exact) mass is 325 g/mol. The van der Waals surface area contributed by atoms with Crippen molar-refractivity contribution >= 4 is 32.7 Å². The molecule has 0 aliphatic heterocycles. The van der Waals surface area contributed by atoms with Gasteiger partial charge in [-0.25, -0.2) is 13.6 Å². The first-order valence-corrected chi connectivity index (χ1v) is 8.89. The minimum absolute atomic E-state index is 0.0306. The summed E-state index contributed by atoms with van der Waals surface area (Å²) in [4.78, 5) is 3.37. The number of hydrogen-bond acceptors (Lipinski definition) is 5. The van der Waals surface area contributed by atoms with E-state index in [1.807, 2.05) is 18.0 Å². The Hall–Kier alpha value is -1.57. The molecule has 1 atom stereocenters. The molecule has 0 spiro atoms. The topological polar surface area (TPSA) is 89.4 Å². The fourth-order valence-electron chi connectivity index (χ4n) is 2.13. The van der Waals surface area contributed by atoms with Gasteiger partial charge in [0.05, 0.1) is 16.3 Å². The molecule has 7 heteroatoms. The molecule has 21 heavy (non-hydrogen) atoms. The van der Waals surface area contributed by atoms with Crippen LogP contribution in [-0.4, -0.2) is 21.5 Å². The van der Waals surface area contributed by atoms with Gasteiger partial charge in [-0.05, 0) is 36.6 Å². The number of nitrogens with two attached hydrogens (primary N) is 2. The number of nitrogens with zero attached hydrogens (tertiary/aromatic N) is 1. The quantitative estimate of drug-likeness (QED) is 0.823. The minimum atomic E-state index is -3.73. The van der Waals surface area contributed by atoms with Crippen LogP contribution in [0.15, 0.2) is 40.6 Å². The highest BCUT2D eigenvalue weighted by atomic mass is 32.2. The fourth-order valence-corrected chi connectivity index (χ4v) is 3.50. The molecule has 4 N–H and O–H groups in total. The van der Waals surface area contributed by atoms with Gasteiger partial charge >= 0.3 is 0 Å². The van der Waals surface area contributed by atoms with Gasteiger partial charge in [0.25, 0.3) is 0 Å². The molecular formula is C14H19N3O2S2. The van der Waals surface area contributed by atoms with E-state index in [0.29, 0.717) is 5.69 Å². The van der Waals surface area contributed by atoms with Crippen LogP contribution in [0.2, 0.25) is 0 Å². The van der Waals surface area contributed by atoms with Crippen molar-refractivity contribution in [3.63, 3.8) is 0 Å². The molecule has 1 aromatic heterocycles. The highest BCUT2D eigenvalue weighted by Crippen LogP contribution is 2.27. The number of sulfonamides is 1. The second-order valence-corrected chi connectivity index (χ2v) is 7.60. The van der Waals surface area contributed by atoms with Crippen LogP contribution in [0.1, 0.15) is 11.8 Å². The lowest BCUT2D eigenvalue weighted by atomic mass is 10.1. The van der Waals surface area contributed by atoms with Crippen molar-refractivity contribution < 1.29 is 8.42 Å². The third-order valence-corrected chi connectivity index (χ3v) is 5.26. The summed E-state index contributed by atoms with van der Waals surface area (Å²) in [5, 5.41) is 7.16. The zero-order chi connectivity index (χ0) is 15.6. The first kappa shape index (κ1) is 15.8. The number of hydrogen-bond donors (Lipinski definition) is 2.